The van der Waals surface area contributed by atoms with Crippen molar-refractivity contribution in [1.29, 1.82) is 0 Å². The van der Waals surface area contributed by atoms with Crippen LogP contribution in [0.15, 0.2) is 30.3 Å². The quantitative estimate of drug-likeness (QED) is 0.923. The van der Waals surface area contributed by atoms with E-state index in [1.807, 2.05) is 36.9 Å². The Morgan fingerprint density at radius 1 is 1.19 bits per heavy atom. The topological polar surface area (TPSA) is 49.4 Å². The first kappa shape index (κ1) is 15.5. The van der Waals surface area contributed by atoms with Gasteiger partial charge in [-0.2, -0.15) is 0 Å². The lowest BCUT2D eigenvalue weighted by molar-refractivity contribution is -0.134. The molecule has 2 atom stereocenters. The minimum Gasteiger partial charge on any atom is -0.344 e. The molecule has 1 aromatic rings. The van der Waals surface area contributed by atoms with Crippen LogP contribution in [0.2, 0.25) is 0 Å². The fourth-order valence-electron chi connectivity index (χ4n) is 2.70. The molecule has 1 saturated heterocycles. The van der Waals surface area contributed by atoms with E-state index in [1.54, 1.807) is 0 Å². The molecule has 0 saturated carbocycles. The molecule has 2 rings (SSSR count). The fraction of sp³-hybridized carbons (Fsp3) is 0.529. The molecule has 0 bridgehead atoms. The molecule has 114 valence electrons. The largest absolute Gasteiger partial charge is 0.344 e. The predicted octanol–water partition coefficient (Wildman–Crippen LogP) is 2.16. The number of nitrogens with one attached hydrogen (secondary N) is 1. The van der Waals surface area contributed by atoms with Gasteiger partial charge in [0.05, 0.1) is 0 Å². The molecule has 4 nitrogen and oxygen atoms in total. The molecule has 0 spiro atoms. The molecule has 1 heterocycles. The van der Waals surface area contributed by atoms with Crippen LogP contribution < -0.4 is 5.32 Å². The zero-order valence-electron chi connectivity index (χ0n) is 13.0. The molecule has 4 heteroatoms. The second-order valence-electron chi connectivity index (χ2n) is 6.14. The Balaban J connectivity index is 2.10. The molecule has 1 aromatic carbocycles. The van der Waals surface area contributed by atoms with Gasteiger partial charge in [-0.3, -0.25) is 9.59 Å². The van der Waals surface area contributed by atoms with Crippen molar-refractivity contribution in [2.45, 2.75) is 39.2 Å². The van der Waals surface area contributed by atoms with Gasteiger partial charge in [-0.05, 0) is 17.4 Å². The summed E-state index contributed by atoms with van der Waals surface area (Å²) in [5, 5.41) is 2.84. The van der Waals surface area contributed by atoms with Crippen molar-refractivity contribution in [1.82, 2.24) is 10.2 Å². The summed E-state index contributed by atoms with van der Waals surface area (Å²) in [6.45, 7) is 7.21. The summed E-state index contributed by atoms with van der Waals surface area (Å²) in [5.74, 6) is 0.376. The van der Waals surface area contributed by atoms with Crippen LogP contribution in [0.4, 0.5) is 0 Å². The lowest BCUT2D eigenvalue weighted by Crippen LogP contribution is -2.48. The highest BCUT2D eigenvalue weighted by atomic mass is 16.2. The third-order valence-electron chi connectivity index (χ3n) is 4.03. The van der Waals surface area contributed by atoms with Gasteiger partial charge in [0, 0.05) is 19.5 Å². The summed E-state index contributed by atoms with van der Waals surface area (Å²) < 4.78 is 0. The van der Waals surface area contributed by atoms with E-state index < -0.39 is 6.04 Å². The third-order valence-corrected chi connectivity index (χ3v) is 4.03. The Morgan fingerprint density at radius 3 is 2.48 bits per heavy atom. The molecule has 21 heavy (non-hydrogen) atoms. The maximum Gasteiger partial charge on any atom is 0.245 e. The van der Waals surface area contributed by atoms with E-state index in [-0.39, 0.29) is 23.7 Å². The number of carbonyl (C=O) groups is 2. The maximum absolute atomic E-state index is 12.6. The van der Waals surface area contributed by atoms with Crippen LogP contribution in [0.1, 0.15) is 38.7 Å². The SMILES string of the molecule is CC(CN1CCC(=O)NC(C(C)C)C1=O)c1ccccc1. The molecule has 0 aromatic heterocycles. The third kappa shape index (κ3) is 3.84. The summed E-state index contributed by atoms with van der Waals surface area (Å²) in [4.78, 5) is 26.2. The lowest BCUT2D eigenvalue weighted by Gasteiger charge is -2.28. The van der Waals surface area contributed by atoms with Gasteiger partial charge in [0.2, 0.25) is 11.8 Å². The second kappa shape index (κ2) is 6.74. The highest BCUT2D eigenvalue weighted by Crippen LogP contribution is 2.19. The smallest absolute Gasteiger partial charge is 0.245 e. The molecule has 1 aliphatic heterocycles. The highest BCUT2D eigenvalue weighted by Gasteiger charge is 2.32. The highest BCUT2D eigenvalue weighted by molar-refractivity contribution is 5.90. The van der Waals surface area contributed by atoms with Crippen LogP contribution in [0.25, 0.3) is 0 Å². The van der Waals surface area contributed by atoms with Crippen LogP contribution in [-0.2, 0) is 9.59 Å². The van der Waals surface area contributed by atoms with E-state index in [0.717, 1.165) is 0 Å². The van der Waals surface area contributed by atoms with Crippen LogP contribution in [0.5, 0.6) is 0 Å². The summed E-state index contributed by atoms with van der Waals surface area (Å²) in [7, 11) is 0. The zero-order valence-corrected chi connectivity index (χ0v) is 13.0. The molecule has 0 radical (unpaired) electrons. The van der Waals surface area contributed by atoms with Gasteiger partial charge in [0.1, 0.15) is 6.04 Å². The monoisotopic (exact) mass is 288 g/mol. The van der Waals surface area contributed by atoms with Gasteiger partial charge in [-0.25, -0.2) is 0 Å². The van der Waals surface area contributed by atoms with Gasteiger partial charge in [-0.1, -0.05) is 51.1 Å². The average molecular weight is 288 g/mol. The Hall–Kier alpha value is -1.84. The minimum absolute atomic E-state index is 0.0306. The average Bonchev–Trinajstić information content (AvgIpc) is 2.61. The fourth-order valence-corrected chi connectivity index (χ4v) is 2.70. The van der Waals surface area contributed by atoms with E-state index >= 15 is 0 Å². The van der Waals surface area contributed by atoms with Crippen LogP contribution >= 0.6 is 0 Å². The summed E-state index contributed by atoms with van der Waals surface area (Å²) in [6.07, 6.45) is 0.385. The van der Waals surface area contributed by atoms with Crippen molar-refractivity contribution in [3.8, 4) is 0 Å². The molecule has 0 aliphatic carbocycles. The van der Waals surface area contributed by atoms with E-state index in [2.05, 4.69) is 24.4 Å². The molecule has 2 unspecified atom stereocenters. The standard InChI is InChI=1S/C17H24N2O2/c1-12(2)16-17(21)19(10-9-15(20)18-16)11-13(3)14-7-5-4-6-8-14/h4-8,12-13,16H,9-11H2,1-3H3,(H,18,20). The van der Waals surface area contributed by atoms with Gasteiger partial charge < -0.3 is 10.2 Å². The number of benzene rings is 1. The first-order valence-electron chi connectivity index (χ1n) is 7.62. The van der Waals surface area contributed by atoms with Crippen molar-refractivity contribution in [2.75, 3.05) is 13.1 Å². The number of amides is 2. The van der Waals surface area contributed by atoms with Gasteiger partial charge in [-0.15, -0.1) is 0 Å². The van der Waals surface area contributed by atoms with E-state index in [4.69, 9.17) is 0 Å². The molecule has 1 aliphatic rings. The molecule has 1 fully saturated rings. The van der Waals surface area contributed by atoms with E-state index in [9.17, 15) is 9.59 Å². The first-order chi connectivity index (χ1) is 9.99. The van der Waals surface area contributed by atoms with Gasteiger partial charge in [0.25, 0.3) is 0 Å². The van der Waals surface area contributed by atoms with Gasteiger partial charge in [0.15, 0.2) is 0 Å². The summed E-state index contributed by atoms with van der Waals surface area (Å²) >= 11 is 0. The van der Waals surface area contributed by atoms with Crippen molar-refractivity contribution >= 4 is 11.8 Å². The second-order valence-corrected chi connectivity index (χ2v) is 6.14. The van der Waals surface area contributed by atoms with Crippen LogP contribution in [-0.4, -0.2) is 35.8 Å². The Labute approximate surface area is 126 Å². The maximum atomic E-state index is 12.6. The summed E-state index contributed by atoms with van der Waals surface area (Å²) in [5.41, 5.74) is 1.22. The van der Waals surface area contributed by atoms with Crippen molar-refractivity contribution < 1.29 is 9.59 Å². The number of hydrogen-bond acceptors (Lipinski definition) is 2. The van der Waals surface area contributed by atoms with Gasteiger partial charge >= 0.3 is 0 Å². The van der Waals surface area contributed by atoms with Crippen molar-refractivity contribution in [3.05, 3.63) is 35.9 Å². The zero-order chi connectivity index (χ0) is 15.4. The van der Waals surface area contributed by atoms with Crippen LogP contribution in [0.3, 0.4) is 0 Å². The Bertz CT molecular complexity index is 499. The number of nitrogens with zero attached hydrogens (tertiary/aromatic N) is 1. The van der Waals surface area contributed by atoms with E-state index in [0.29, 0.717) is 19.5 Å². The molecule has 2 amide bonds. The minimum atomic E-state index is -0.400. The normalized spacial score (nSPS) is 21.1. The van der Waals surface area contributed by atoms with E-state index in [1.165, 1.54) is 5.56 Å². The first-order valence-corrected chi connectivity index (χ1v) is 7.62. The van der Waals surface area contributed by atoms with Crippen molar-refractivity contribution in [2.24, 2.45) is 5.92 Å². The number of rotatable bonds is 4. The Kier molecular flexibility index (Phi) is 4.99. The van der Waals surface area contributed by atoms with Crippen LogP contribution in [0, 0.1) is 5.92 Å². The van der Waals surface area contributed by atoms with Crippen molar-refractivity contribution in [3.63, 3.8) is 0 Å². The number of hydrogen-bond donors (Lipinski definition) is 1. The predicted molar refractivity (Wildman–Crippen MR) is 82.8 cm³/mol. The molecule has 1 N–H and O–H groups in total. The number of carbonyl (C=O) groups excluding carboxylic acids is 2. The summed E-state index contributed by atoms with van der Waals surface area (Å²) in [6, 6.07) is 9.77. The Morgan fingerprint density at radius 2 is 1.86 bits per heavy atom. The lowest BCUT2D eigenvalue weighted by atomic mass is 9.99. The molecular weight excluding hydrogens is 264 g/mol. The molecular formula is C17H24N2O2.